The number of β-amino-alcohol motifs (C(OH)–C–C–N with tert-alkyl or cyclic N) is 1. The fourth-order valence-corrected chi connectivity index (χ4v) is 3.38. The van der Waals surface area contributed by atoms with Crippen LogP contribution in [0.3, 0.4) is 0 Å². The lowest BCUT2D eigenvalue weighted by atomic mass is 9.96. The predicted octanol–water partition coefficient (Wildman–Crippen LogP) is 0.443. The van der Waals surface area contributed by atoms with Crippen molar-refractivity contribution >= 4 is 5.91 Å². The summed E-state index contributed by atoms with van der Waals surface area (Å²) in [5.74, 6) is 0.504. The van der Waals surface area contributed by atoms with Crippen molar-refractivity contribution in [2.45, 2.75) is 25.4 Å². The predicted molar refractivity (Wildman–Crippen MR) is 79.6 cm³/mol. The lowest BCUT2D eigenvalue weighted by molar-refractivity contribution is -0.135. The number of aliphatic hydroxyl groups excluding tert-OH is 1. The highest BCUT2D eigenvalue weighted by Crippen LogP contribution is 2.25. The van der Waals surface area contributed by atoms with Crippen LogP contribution >= 0.6 is 0 Å². The third kappa shape index (κ3) is 3.41. The van der Waals surface area contributed by atoms with Gasteiger partial charge in [-0.2, -0.15) is 0 Å². The average Bonchev–Trinajstić information content (AvgIpc) is 2.89. The highest BCUT2D eigenvalue weighted by atomic mass is 16.3. The molecular formula is C16H23N3O2. The van der Waals surface area contributed by atoms with Gasteiger partial charge in [0, 0.05) is 37.3 Å². The molecular weight excluding hydrogens is 266 g/mol. The molecule has 3 heterocycles. The summed E-state index contributed by atoms with van der Waals surface area (Å²) in [7, 11) is 0. The summed E-state index contributed by atoms with van der Waals surface area (Å²) >= 11 is 0. The first-order chi connectivity index (χ1) is 10.2. The number of aliphatic hydroxyl groups is 1. The molecule has 3 rings (SSSR count). The van der Waals surface area contributed by atoms with Gasteiger partial charge in [0.25, 0.3) is 0 Å². The molecule has 21 heavy (non-hydrogen) atoms. The van der Waals surface area contributed by atoms with Gasteiger partial charge < -0.3 is 15.3 Å². The second kappa shape index (κ2) is 6.54. The van der Waals surface area contributed by atoms with Crippen LogP contribution in [0.15, 0.2) is 24.5 Å². The summed E-state index contributed by atoms with van der Waals surface area (Å²) in [5, 5.41) is 13.5. The van der Waals surface area contributed by atoms with E-state index >= 15 is 0 Å². The first-order valence-corrected chi connectivity index (χ1v) is 7.80. The smallest absolute Gasteiger partial charge is 0.225 e. The van der Waals surface area contributed by atoms with Crippen molar-refractivity contribution in [3.63, 3.8) is 0 Å². The van der Waals surface area contributed by atoms with E-state index in [9.17, 15) is 9.90 Å². The van der Waals surface area contributed by atoms with Gasteiger partial charge in [-0.1, -0.05) is 0 Å². The molecule has 0 aromatic carbocycles. The van der Waals surface area contributed by atoms with E-state index in [-0.39, 0.29) is 17.7 Å². The Bertz CT molecular complexity index is 474. The van der Waals surface area contributed by atoms with Crippen LogP contribution in [-0.4, -0.2) is 53.2 Å². The number of pyridine rings is 1. The lowest BCUT2D eigenvalue weighted by Gasteiger charge is -2.26. The zero-order chi connectivity index (χ0) is 14.7. The van der Waals surface area contributed by atoms with Gasteiger partial charge in [-0.05, 0) is 50.0 Å². The number of hydrogen-bond donors (Lipinski definition) is 2. The zero-order valence-electron chi connectivity index (χ0n) is 12.2. The molecule has 2 aliphatic rings. The molecule has 2 atom stereocenters. The van der Waals surface area contributed by atoms with Crippen molar-refractivity contribution in [1.29, 1.82) is 0 Å². The van der Waals surface area contributed by atoms with E-state index in [0.717, 1.165) is 32.4 Å². The minimum Gasteiger partial charge on any atom is -0.391 e. The average molecular weight is 289 g/mol. The summed E-state index contributed by atoms with van der Waals surface area (Å²) in [4.78, 5) is 18.4. The fraction of sp³-hybridized carbons (Fsp3) is 0.625. The monoisotopic (exact) mass is 289 g/mol. The van der Waals surface area contributed by atoms with Gasteiger partial charge in [0.1, 0.15) is 0 Å². The van der Waals surface area contributed by atoms with Crippen LogP contribution in [0.5, 0.6) is 0 Å². The van der Waals surface area contributed by atoms with E-state index in [1.54, 1.807) is 12.4 Å². The van der Waals surface area contributed by atoms with Gasteiger partial charge in [0.2, 0.25) is 5.91 Å². The Hall–Kier alpha value is -1.46. The molecule has 0 aliphatic carbocycles. The van der Waals surface area contributed by atoms with Crippen molar-refractivity contribution in [3.8, 4) is 0 Å². The molecule has 2 aliphatic heterocycles. The highest BCUT2D eigenvalue weighted by Gasteiger charge is 2.36. The minimum absolute atomic E-state index is 0.137. The van der Waals surface area contributed by atoms with Gasteiger partial charge in [0.05, 0.1) is 6.10 Å². The van der Waals surface area contributed by atoms with Crippen molar-refractivity contribution in [1.82, 2.24) is 15.2 Å². The number of nitrogens with one attached hydrogen (secondary N) is 1. The summed E-state index contributed by atoms with van der Waals surface area (Å²) in [6.45, 7) is 3.01. The van der Waals surface area contributed by atoms with Crippen molar-refractivity contribution in [2.24, 2.45) is 11.8 Å². The van der Waals surface area contributed by atoms with Crippen LogP contribution in [0.1, 0.15) is 18.4 Å². The van der Waals surface area contributed by atoms with Gasteiger partial charge in [-0.15, -0.1) is 0 Å². The Morgan fingerprint density at radius 2 is 2.00 bits per heavy atom. The maximum Gasteiger partial charge on any atom is 0.225 e. The third-order valence-electron chi connectivity index (χ3n) is 4.65. The van der Waals surface area contributed by atoms with E-state index in [1.807, 2.05) is 17.0 Å². The SMILES string of the molecule is O=C(C1CCNCC1)N1C[C@@H](Cc2ccncc2)[C@H](O)C1. The fourth-order valence-electron chi connectivity index (χ4n) is 3.38. The highest BCUT2D eigenvalue weighted by molar-refractivity contribution is 5.79. The van der Waals surface area contributed by atoms with Gasteiger partial charge >= 0.3 is 0 Å². The Balaban J connectivity index is 1.58. The number of rotatable bonds is 3. The molecule has 0 radical (unpaired) electrons. The maximum absolute atomic E-state index is 12.5. The first-order valence-electron chi connectivity index (χ1n) is 7.80. The summed E-state index contributed by atoms with van der Waals surface area (Å²) in [6.07, 6.45) is 5.77. The Labute approximate surface area is 125 Å². The maximum atomic E-state index is 12.5. The lowest BCUT2D eigenvalue weighted by Crippen LogP contribution is -2.40. The number of aromatic nitrogens is 1. The summed E-state index contributed by atoms with van der Waals surface area (Å²) in [6, 6.07) is 3.95. The number of amides is 1. The van der Waals surface area contributed by atoms with Gasteiger partial charge in [0.15, 0.2) is 0 Å². The molecule has 2 fully saturated rings. The topological polar surface area (TPSA) is 65.5 Å². The Kier molecular flexibility index (Phi) is 4.51. The van der Waals surface area contributed by atoms with Crippen LogP contribution < -0.4 is 5.32 Å². The van der Waals surface area contributed by atoms with Crippen LogP contribution in [-0.2, 0) is 11.2 Å². The molecule has 1 aromatic rings. The van der Waals surface area contributed by atoms with Gasteiger partial charge in [-0.25, -0.2) is 0 Å². The molecule has 0 spiro atoms. The number of carbonyl (C=O) groups excluding carboxylic acids is 1. The van der Waals surface area contributed by atoms with Crippen LogP contribution in [0.4, 0.5) is 0 Å². The van der Waals surface area contributed by atoms with E-state index in [4.69, 9.17) is 0 Å². The van der Waals surface area contributed by atoms with E-state index in [2.05, 4.69) is 10.3 Å². The molecule has 0 saturated carbocycles. The summed E-state index contributed by atoms with van der Waals surface area (Å²) < 4.78 is 0. The quantitative estimate of drug-likeness (QED) is 0.847. The summed E-state index contributed by atoms with van der Waals surface area (Å²) in [5.41, 5.74) is 1.17. The molecule has 114 valence electrons. The van der Waals surface area contributed by atoms with Crippen molar-refractivity contribution in [2.75, 3.05) is 26.2 Å². The molecule has 0 bridgehead atoms. The molecule has 2 saturated heterocycles. The standard InChI is InChI=1S/C16H23N3O2/c20-15-11-19(16(21)13-3-7-18-8-4-13)10-14(15)9-12-1-5-17-6-2-12/h1-2,5-6,13-15,18,20H,3-4,7-11H2/t14-,15-/m1/s1. The number of likely N-dealkylation sites (tertiary alicyclic amines) is 1. The van der Waals surface area contributed by atoms with E-state index in [0.29, 0.717) is 13.1 Å². The van der Waals surface area contributed by atoms with Crippen molar-refractivity contribution in [3.05, 3.63) is 30.1 Å². The second-order valence-corrected chi connectivity index (χ2v) is 6.15. The zero-order valence-corrected chi connectivity index (χ0v) is 12.2. The van der Waals surface area contributed by atoms with E-state index < -0.39 is 6.10 Å². The molecule has 5 heteroatoms. The van der Waals surface area contributed by atoms with E-state index in [1.165, 1.54) is 5.56 Å². The number of piperidine rings is 1. The molecule has 5 nitrogen and oxygen atoms in total. The number of nitrogens with zero attached hydrogens (tertiary/aromatic N) is 2. The van der Waals surface area contributed by atoms with Gasteiger partial charge in [-0.3, -0.25) is 9.78 Å². The second-order valence-electron chi connectivity index (χ2n) is 6.15. The minimum atomic E-state index is -0.413. The molecule has 2 N–H and O–H groups in total. The van der Waals surface area contributed by atoms with Crippen LogP contribution in [0.2, 0.25) is 0 Å². The third-order valence-corrected chi connectivity index (χ3v) is 4.65. The molecule has 0 unspecified atom stereocenters. The number of carbonyl (C=O) groups is 1. The molecule has 1 aromatic heterocycles. The molecule has 1 amide bonds. The van der Waals surface area contributed by atoms with Crippen LogP contribution in [0.25, 0.3) is 0 Å². The normalized spacial score (nSPS) is 27.0. The Morgan fingerprint density at radius 3 is 2.71 bits per heavy atom. The Morgan fingerprint density at radius 1 is 1.29 bits per heavy atom. The first kappa shape index (κ1) is 14.5. The van der Waals surface area contributed by atoms with Crippen LogP contribution in [0, 0.1) is 11.8 Å². The van der Waals surface area contributed by atoms with Crippen molar-refractivity contribution < 1.29 is 9.90 Å². The largest absolute Gasteiger partial charge is 0.391 e. The number of hydrogen-bond acceptors (Lipinski definition) is 4.